The lowest BCUT2D eigenvalue weighted by Gasteiger charge is -2.06. The predicted octanol–water partition coefficient (Wildman–Crippen LogP) is 0.980. The summed E-state index contributed by atoms with van der Waals surface area (Å²) in [4.78, 5) is 23.3. The Bertz CT molecular complexity index is 329. The van der Waals surface area contributed by atoms with Crippen molar-refractivity contribution in [3.63, 3.8) is 0 Å². The van der Waals surface area contributed by atoms with Crippen LogP contribution in [-0.2, 0) is 9.59 Å². The van der Waals surface area contributed by atoms with Gasteiger partial charge >= 0.3 is 11.9 Å². The number of hydrogen-bond acceptors (Lipinski definition) is 3. The van der Waals surface area contributed by atoms with Crippen LogP contribution in [0.4, 0.5) is 0 Å². The van der Waals surface area contributed by atoms with Crippen LogP contribution in [0.3, 0.4) is 0 Å². The zero-order valence-electron chi connectivity index (χ0n) is 9.73. The lowest BCUT2D eigenvalue weighted by atomic mass is 10.1. The van der Waals surface area contributed by atoms with E-state index in [1.54, 1.807) is 0 Å². The highest BCUT2D eigenvalue weighted by molar-refractivity contribution is 5.94. The number of carbonyl (C=O) groups is 2. The van der Waals surface area contributed by atoms with Gasteiger partial charge in [-0.1, -0.05) is 6.08 Å². The van der Waals surface area contributed by atoms with Crippen molar-refractivity contribution in [1.82, 2.24) is 4.90 Å². The lowest BCUT2D eigenvalue weighted by Crippen LogP contribution is -2.12. The van der Waals surface area contributed by atoms with E-state index >= 15 is 0 Å². The molecule has 2 N–H and O–H groups in total. The van der Waals surface area contributed by atoms with Crippen LogP contribution in [0.25, 0.3) is 0 Å². The summed E-state index contributed by atoms with van der Waals surface area (Å²) in [5.41, 5.74) is 0.0280. The van der Waals surface area contributed by atoms with E-state index in [1.165, 1.54) is 19.1 Å². The smallest absolute Gasteiger partial charge is 0.335 e. The maximum absolute atomic E-state index is 10.8. The first-order valence-corrected chi connectivity index (χ1v) is 4.84. The first kappa shape index (κ1) is 14.4. The summed E-state index contributed by atoms with van der Waals surface area (Å²) in [5, 5.41) is 17.5. The number of rotatable bonds is 6. The molecule has 0 rings (SSSR count). The second kappa shape index (κ2) is 6.79. The highest BCUT2D eigenvalue weighted by Gasteiger charge is 2.07. The molecule has 0 bridgehead atoms. The molecule has 5 nitrogen and oxygen atoms in total. The molecule has 0 aliphatic heterocycles. The molecule has 0 saturated carbocycles. The van der Waals surface area contributed by atoms with E-state index in [-0.39, 0.29) is 11.1 Å². The summed E-state index contributed by atoms with van der Waals surface area (Å²) in [6.45, 7) is 2.09. The highest BCUT2D eigenvalue weighted by Crippen LogP contribution is 2.05. The fraction of sp³-hybridized carbons (Fsp3) is 0.455. The molecule has 0 atom stereocenters. The molecule has 0 spiro atoms. The SMILES string of the molecule is CC(=CC(=CCCN(C)C)C(=O)O)C(=O)O. The van der Waals surface area contributed by atoms with E-state index in [0.717, 1.165) is 6.54 Å². The molecular weight excluding hydrogens is 210 g/mol. The third-order valence-corrected chi connectivity index (χ3v) is 1.90. The topological polar surface area (TPSA) is 77.8 Å². The quantitative estimate of drug-likeness (QED) is 0.522. The standard InChI is InChI=1S/C11H17NO4/c1-8(10(13)14)7-9(11(15)16)5-4-6-12(2)3/h5,7H,4,6H2,1-3H3,(H,13,14)(H,15,16). The van der Waals surface area contributed by atoms with Crippen molar-refractivity contribution >= 4 is 11.9 Å². The average molecular weight is 227 g/mol. The fourth-order valence-corrected chi connectivity index (χ4v) is 0.981. The number of carboxylic acid groups (broad SMARTS) is 2. The average Bonchev–Trinajstić information content (AvgIpc) is 2.14. The molecular formula is C11H17NO4. The molecule has 90 valence electrons. The van der Waals surface area contributed by atoms with Crippen molar-refractivity contribution in [2.75, 3.05) is 20.6 Å². The molecule has 0 aliphatic carbocycles. The molecule has 0 fully saturated rings. The summed E-state index contributed by atoms with van der Waals surface area (Å²) in [7, 11) is 3.76. The summed E-state index contributed by atoms with van der Waals surface area (Å²) >= 11 is 0. The molecule has 16 heavy (non-hydrogen) atoms. The van der Waals surface area contributed by atoms with Gasteiger partial charge in [-0.15, -0.1) is 0 Å². The van der Waals surface area contributed by atoms with E-state index in [0.29, 0.717) is 6.42 Å². The van der Waals surface area contributed by atoms with Gasteiger partial charge in [-0.3, -0.25) is 0 Å². The first-order valence-electron chi connectivity index (χ1n) is 4.84. The number of aliphatic carboxylic acids is 2. The number of hydrogen-bond donors (Lipinski definition) is 2. The lowest BCUT2D eigenvalue weighted by molar-refractivity contribution is -0.132. The van der Waals surface area contributed by atoms with Crippen LogP contribution in [0.15, 0.2) is 23.3 Å². The Morgan fingerprint density at radius 1 is 1.19 bits per heavy atom. The minimum atomic E-state index is -1.11. The van der Waals surface area contributed by atoms with E-state index in [1.807, 2.05) is 19.0 Å². The third kappa shape index (κ3) is 5.98. The molecule has 0 heterocycles. The largest absolute Gasteiger partial charge is 0.478 e. The Morgan fingerprint density at radius 2 is 1.75 bits per heavy atom. The van der Waals surface area contributed by atoms with Crippen LogP contribution >= 0.6 is 0 Å². The maximum Gasteiger partial charge on any atom is 0.335 e. The van der Waals surface area contributed by atoms with Gasteiger partial charge in [0.1, 0.15) is 0 Å². The summed E-state index contributed by atoms with van der Waals surface area (Å²) in [6.07, 6.45) is 3.26. The van der Waals surface area contributed by atoms with Gasteiger partial charge in [0.05, 0.1) is 5.57 Å². The van der Waals surface area contributed by atoms with E-state index in [4.69, 9.17) is 10.2 Å². The second-order valence-electron chi connectivity index (χ2n) is 3.69. The molecule has 0 radical (unpaired) electrons. The van der Waals surface area contributed by atoms with Crippen LogP contribution in [0.5, 0.6) is 0 Å². The van der Waals surface area contributed by atoms with Gasteiger partial charge in [0.25, 0.3) is 0 Å². The van der Waals surface area contributed by atoms with Crippen molar-refractivity contribution in [3.05, 3.63) is 23.3 Å². The zero-order chi connectivity index (χ0) is 12.7. The van der Waals surface area contributed by atoms with Crippen LogP contribution in [0.1, 0.15) is 13.3 Å². The van der Waals surface area contributed by atoms with Crippen molar-refractivity contribution in [2.24, 2.45) is 0 Å². The molecule has 5 heteroatoms. The van der Waals surface area contributed by atoms with Gasteiger partial charge in [0.15, 0.2) is 0 Å². The minimum Gasteiger partial charge on any atom is -0.478 e. The number of carboxylic acids is 2. The molecule has 0 amide bonds. The van der Waals surface area contributed by atoms with Gasteiger partial charge in [0, 0.05) is 12.1 Å². The van der Waals surface area contributed by atoms with Crippen molar-refractivity contribution < 1.29 is 19.8 Å². The number of nitrogens with zero attached hydrogens (tertiary/aromatic N) is 1. The summed E-state index contributed by atoms with van der Waals surface area (Å²) < 4.78 is 0. The second-order valence-corrected chi connectivity index (χ2v) is 3.69. The van der Waals surface area contributed by atoms with Crippen molar-refractivity contribution in [2.45, 2.75) is 13.3 Å². The van der Waals surface area contributed by atoms with Crippen LogP contribution in [-0.4, -0.2) is 47.7 Å². The molecule has 0 saturated heterocycles. The van der Waals surface area contributed by atoms with E-state index in [9.17, 15) is 9.59 Å². The molecule has 0 aromatic carbocycles. The van der Waals surface area contributed by atoms with Crippen molar-refractivity contribution in [3.8, 4) is 0 Å². The van der Waals surface area contributed by atoms with Crippen molar-refractivity contribution in [1.29, 1.82) is 0 Å². The zero-order valence-corrected chi connectivity index (χ0v) is 9.73. The van der Waals surface area contributed by atoms with E-state index < -0.39 is 11.9 Å². The Kier molecular flexibility index (Phi) is 6.10. The maximum atomic E-state index is 10.8. The Balaban J connectivity index is 4.69. The summed E-state index contributed by atoms with van der Waals surface area (Å²) in [5.74, 6) is -2.22. The molecule has 0 aromatic rings. The highest BCUT2D eigenvalue weighted by atomic mass is 16.4. The van der Waals surface area contributed by atoms with Gasteiger partial charge < -0.3 is 15.1 Å². The molecule has 0 unspecified atom stereocenters. The Hall–Kier alpha value is -1.62. The van der Waals surface area contributed by atoms with Gasteiger partial charge in [-0.2, -0.15) is 0 Å². The van der Waals surface area contributed by atoms with Crippen LogP contribution < -0.4 is 0 Å². The van der Waals surface area contributed by atoms with E-state index in [2.05, 4.69) is 0 Å². The minimum absolute atomic E-state index is 0.0125. The van der Waals surface area contributed by atoms with Gasteiger partial charge in [-0.25, -0.2) is 9.59 Å². The monoisotopic (exact) mass is 227 g/mol. The normalized spacial score (nSPS) is 13.0. The first-order chi connectivity index (χ1) is 7.34. The third-order valence-electron chi connectivity index (χ3n) is 1.90. The predicted molar refractivity (Wildman–Crippen MR) is 60.3 cm³/mol. The van der Waals surface area contributed by atoms with Crippen LogP contribution in [0, 0.1) is 0 Å². The molecule has 0 aliphatic rings. The van der Waals surface area contributed by atoms with Gasteiger partial charge in [-0.05, 0) is 33.5 Å². The fourth-order valence-electron chi connectivity index (χ4n) is 0.981. The summed E-state index contributed by atoms with van der Waals surface area (Å²) in [6, 6.07) is 0. The Labute approximate surface area is 94.7 Å². The van der Waals surface area contributed by atoms with Crippen LogP contribution in [0.2, 0.25) is 0 Å². The molecule has 0 aromatic heterocycles. The van der Waals surface area contributed by atoms with Gasteiger partial charge in [0.2, 0.25) is 0 Å². The Morgan fingerprint density at radius 3 is 2.12 bits per heavy atom.